The molecule has 0 heterocycles. The van der Waals surface area contributed by atoms with Crippen LogP contribution in [0.3, 0.4) is 0 Å². The summed E-state index contributed by atoms with van der Waals surface area (Å²) >= 11 is 0. The van der Waals surface area contributed by atoms with Crippen molar-refractivity contribution in [3.05, 3.63) is 0 Å². The van der Waals surface area contributed by atoms with E-state index in [1.807, 2.05) is 6.92 Å². The zero-order valence-corrected chi connectivity index (χ0v) is 12.9. The van der Waals surface area contributed by atoms with Gasteiger partial charge in [-0.3, -0.25) is 4.79 Å². The standard InChI is InChI=1S/C15H28N2O3/c1-11(5-4-6-13(18)19)16-14(20)17-12-7-9-15(2,3)10-8-12/h11-12H,4-10H2,1-3H3,(H,18,19)(H2,16,17,20). The molecule has 1 aliphatic carbocycles. The van der Waals surface area contributed by atoms with Gasteiger partial charge in [-0.15, -0.1) is 0 Å². The second-order valence-corrected chi connectivity index (χ2v) is 6.74. The second kappa shape index (κ2) is 7.50. The monoisotopic (exact) mass is 284 g/mol. The van der Waals surface area contributed by atoms with E-state index in [9.17, 15) is 9.59 Å². The Morgan fingerprint density at radius 1 is 1.30 bits per heavy atom. The molecule has 2 amide bonds. The van der Waals surface area contributed by atoms with Gasteiger partial charge in [0.2, 0.25) is 0 Å². The van der Waals surface area contributed by atoms with Crippen molar-refractivity contribution in [3.8, 4) is 0 Å². The molecule has 1 rings (SSSR count). The molecule has 0 bridgehead atoms. The summed E-state index contributed by atoms with van der Waals surface area (Å²) in [7, 11) is 0. The number of amides is 2. The third-order valence-corrected chi connectivity index (χ3v) is 4.08. The van der Waals surface area contributed by atoms with E-state index in [1.165, 1.54) is 0 Å². The van der Waals surface area contributed by atoms with Gasteiger partial charge in [-0.25, -0.2) is 4.79 Å². The summed E-state index contributed by atoms with van der Waals surface area (Å²) in [5.74, 6) is -0.786. The van der Waals surface area contributed by atoms with Crippen LogP contribution in [-0.2, 0) is 4.79 Å². The van der Waals surface area contributed by atoms with Crippen LogP contribution in [0.5, 0.6) is 0 Å². The van der Waals surface area contributed by atoms with Gasteiger partial charge in [-0.05, 0) is 50.9 Å². The molecule has 0 spiro atoms. The summed E-state index contributed by atoms with van der Waals surface area (Å²) in [5.41, 5.74) is 0.402. The smallest absolute Gasteiger partial charge is 0.315 e. The highest BCUT2D eigenvalue weighted by Crippen LogP contribution is 2.34. The van der Waals surface area contributed by atoms with E-state index in [2.05, 4.69) is 24.5 Å². The Morgan fingerprint density at radius 3 is 2.45 bits per heavy atom. The van der Waals surface area contributed by atoms with Crippen LogP contribution in [0.4, 0.5) is 4.79 Å². The number of carboxylic acid groups (broad SMARTS) is 1. The number of nitrogens with one attached hydrogen (secondary N) is 2. The van der Waals surface area contributed by atoms with Crippen LogP contribution in [-0.4, -0.2) is 29.2 Å². The van der Waals surface area contributed by atoms with Crippen LogP contribution in [0.2, 0.25) is 0 Å². The fourth-order valence-electron chi connectivity index (χ4n) is 2.63. The van der Waals surface area contributed by atoms with E-state index in [0.29, 0.717) is 18.3 Å². The maximum atomic E-state index is 11.8. The molecule has 0 saturated heterocycles. The average Bonchev–Trinajstić information content (AvgIpc) is 2.31. The highest BCUT2D eigenvalue weighted by atomic mass is 16.4. The van der Waals surface area contributed by atoms with Crippen molar-refractivity contribution < 1.29 is 14.7 Å². The van der Waals surface area contributed by atoms with Gasteiger partial charge in [0.1, 0.15) is 0 Å². The van der Waals surface area contributed by atoms with Crippen LogP contribution in [0.25, 0.3) is 0 Å². The number of hydrogen-bond acceptors (Lipinski definition) is 2. The van der Waals surface area contributed by atoms with Gasteiger partial charge in [0.05, 0.1) is 0 Å². The number of carbonyl (C=O) groups is 2. The predicted octanol–water partition coefficient (Wildman–Crippen LogP) is 2.90. The highest BCUT2D eigenvalue weighted by molar-refractivity contribution is 5.74. The number of carboxylic acids is 1. The van der Waals surface area contributed by atoms with Gasteiger partial charge in [-0.1, -0.05) is 13.8 Å². The Morgan fingerprint density at radius 2 is 1.90 bits per heavy atom. The van der Waals surface area contributed by atoms with E-state index in [4.69, 9.17) is 5.11 Å². The Bertz CT molecular complexity index is 332. The van der Waals surface area contributed by atoms with Crippen LogP contribution in [0, 0.1) is 5.41 Å². The highest BCUT2D eigenvalue weighted by Gasteiger charge is 2.27. The second-order valence-electron chi connectivity index (χ2n) is 6.74. The number of aliphatic carboxylic acids is 1. The molecule has 116 valence electrons. The summed E-state index contributed by atoms with van der Waals surface area (Å²) in [6, 6.07) is 0.154. The van der Waals surface area contributed by atoms with Gasteiger partial charge in [0.15, 0.2) is 0 Å². The SMILES string of the molecule is CC(CCCC(=O)O)NC(=O)NC1CCC(C)(C)CC1. The molecule has 0 aromatic heterocycles. The van der Waals surface area contributed by atoms with Crippen molar-refractivity contribution >= 4 is 12.0 Å². The molecule has 1 saturated carbocycles. The van der Waals surface area contributed by atoms with Crippen molar-refractivity contribution in [3.63, 3.8) is 0 Å². The summed E-state index contributed by atoms with van der Waals surface area (Å²) in [4.78, 5) is 22.3. The molecule has 1 fully saturated rings. The number of urea groups is 1. The minimum absolute atomic E-state index is 0.00869. The first kappa shape index (κ1) is 16.8. The molecule has 1 unspecified atom stereocenters. The zero-order valence-electron chi connectivity index (χ0n) is 12.9. The van der Waals surface area contributed by atoms with Gasteiger partial charge >= 0.3 is 12.0 Å². The van der Waals surface area contributed by atoms with Crippen molar-refractivity contribution in [2.75, 3.05) is 0 Å². The lowest BCUT2D eigenvalue weighted by atomic mass is 9.76. The number of carbonyl (C=O) groups excluding carboxylic acids is 1. The first-order chi connectivity index (χ1) is 9.28. The molecule has 20 heavy (non-hydrogen) atoms. The molecule has 5 nitrogen and oxygen atoms in total. The largest absolute Gasteiger partial charge is 0.481 e. The molecule has 3 N–H and O–H groups in total. The van der Waals surface area contributed by atoms with E-state index >= 15 is 0 Å². The lowest BCUT2D eigenvalue weighted by Crippen LogP contribution is -2.47. The molecule has 1 aliphatic rings. The van der Waals surface area contributed by atoms with Crippen molar-refractivity contribution in [2.45, 2.75) is 77.8 Å². The van der Waals surface area contributed by atoms with Crippen molar-refractivity contribution in [2.24, 2.45) is 5.41 Å². The number of hydrogen-bond donors (Lipinski definition) is 3. The third-order valence-electron chi connectivity index (χ3n) is 4.08. The Balaban J connectivity index is 2.18. The lowest BCUT2D eigenvalue weighted by Gasteiger charge is -2.34. The minimum atomic E-state index is -0.786. The fourth-order valence-corrected chi connectivity index (χ4v) is 2.63. The molecule has 5 heteroatoms. The zero-order chi connectivity index (χ0) is 15.2. The summed E-state index contributed by atoms with van der Waals surface area (Å²) in [5, 5.41) is 14.5. The molecular weight excluding hydrogens is 256 g/mol. The summed E-state index contributed by atoms with van der Waals surface area (Å²) in [6.45, 7) is 6.45. The topological polar surface area (TPSA) is 78.4 Å². The molecular formula is C15H28N2O3. The molecule has 0 radical (unpaired) electrons. The quantitative estimate of drug-likeness (QED) is 0.701. The molecule has 0 aliphatic heterocycles. The Hall–Kier alpha value is -1.26. The van der Waals surface area contributed by atoms with Gasteiger partial charge in [0, 0.05) is 18.5 Å². The maximum absolute atomic E-state index is 11.8. The summed E-state index contributed by atoms with van der Waals surface area (Å²) in [6.07, 6.45) is 5.80. The van der Waals surface area contributed by atoms with E-state index in [0.717, 1.165) is 25.7 Å². The predicted molar refractivity (Wildman–Crippen MR) is 78.7 cm³/mol. The number of rotatable bonds is 6. The first-order valence-electron chi connectivity index (χ1n) is 7.57. The van der Waals surface area contributed by atoms with Crippen molar-refractivity contribution in [1.29, 1.82) is 0 Å². The Kier molecular flexibility index (Phi) is 6.30. The molecule has 1 atom stereocenters. The van der Waals surface area contributed by atoms with Crippen LogP contribution >= 0.6 is 0 Å². The van der Waals surface area contributed by atoms with Crippen LogP contribution < -0.4 is 10.6 Å². The first-order valence-corrected chi connectivity index (χ1v) is 7.57. The lowest BCUT2D eigenvalue weighted by molar-refractivity contribution is -0.137. The minimum Gasteiger partial charge on any atom is -0.481 e. The summed E-state index contributed by atoms with van der Waals surface area (Å²) < 4.78 is 0. The molecule has 0 aromatic rings. The van der Waals surface area contributed by atoms with Gasteiger partial charge in [-0.2, -0.15) is 0 Å². The van der Waals surface area contributed by atoms with E-state index in [1.54, 1.807) is 0 Å². The molecule has 0 aromatic carbocycles. The van der Waals surface area contributed by atoms with E-state index < -0.39 is 5.97 Å². The van der Waals surface area contributed by atoms with Gasteiger partial charge < -0.3 is 15.7 Å². The average molecular weight is 284 g/mol. The van der Waals surface area contributed by atoms with Crippen LogP contribution in [0.1, 0.15) is 65.7 Å². The van der Waals surface area contributed by atoms with E-state index in [-0.39, 0.29) is 24.5 Å². The third kappa shape index (κ3) is 6.78. The maximum Gasteiger partial charge on any atom is 0.315 e. The van der Waals surface area contributed by atoms with Crippen LogP contribution in [0.15, 0.2) is 0 Å². The van der Waals surface area contributed by atoms with Gasteiger partial charge in [0.25, 0.3) is 0 Å². The van der Waals surface area contributed by atoms with Crippen molar-refractivity contribution in [1.82, 2.24) is 10.6 Å². The Labute approximate surface area is 121 Å². The normalized spacial score (nSPS) is 20.1. The fraction of sp³-hybridized carbons (Fsp3) is 0.867.